The molecule has 3 aromatic rings. The van der Waals surface area contributed by atoms with Gasteiger partial charge in [0.1, 0.15) is 5.69 Å². The van der Waals surface area contributed by atoms with Crippen molar-refractivity contribution in [3.63, 3.8) is 0 Å². The smallest absolute Gasteiger partial charge is 0.285 e. The summed E-state index contributed by atoms with van der Waals surface area (Å²) in [6.45, 7) is 2.14. The second-order valence-electron chi connectivity index (χ2n) is 5.65. The quantitative estimate of drug-likeness (QED) is 0.582. The van der Waals surface area contributed by atoms with E-state index in [2.05, 4.69) is 4.98 Å². The summed E-state index contributed by atoms with van der Waals surface area (Å²) in [7, 11) is 0. The van der Waals surface area contributed by atoms with Crippen LogP contribution in [0.4, 0.5) is 0 Å². The van der Waals surface area contributed by atoms with E-state index in [4.69, 9.17) is 0 Å². The number of aromatic nitrogens is 1. The Balaban J connectivity index is 1.81. The molecule has 0 atom stereocenters. The first-order valence-corrected chi connectivity index (χ1v) is 7.71. The van der Waals surface area contributed by atoms with Crippen molar-refractivity contribution in [2.24, 2.45) is 0 Å². The minimum Gasteiger partial charge on any atom is -0.285 e. The minimum absolute atomic E-state index is 0.121. The molecule has 0 saturated carbocycles. The number of rotatable bonds is 4. The van der Waals surface area contributed by atoms with Crippen molar-refractivity contribution < 1.29 is 10.0 Å². The zero-order valence-electron chi connectivity index (χ0n) is 13.4. The molecule has 0 aliphatic rings. The lowest BCUT2D eigenvalue weighted by molar-refractivity contribution is -0.0652. The van der Waals surface area contributed by atoms with E-state index < -0.39 is 5.91 Å². The van der Waals surface area contributed by atoms with Crippen molar-refractivity contribution in [1.29, 1.82) is 0 Å². The van der Waals surface area contributed by atoms with E-state index in [1.165, 1.54) is 0 Å². The lowest BCUT2D eigenvalue weighted by Gasteiger charge is -2.15. The van der Waals surface area contributed by atoms with Crippen LogP contribution in [0, 0.1) is 6.92 Å². The SMILES string of the molecule is Cc1cccc(-c2ccnc(C(=O)N(O)Cc3ccccc3)c2)c1. The highest BCUT2D eigenvalue weighted by Crippen LogP contribution is 2.21. The van der Waals surface area contributed by atoms with E-state index in [-0.39, 0.29) is 12.2 Å². The molecule has 0 aliphatic heterocycles. The molecule has 0 saturated heterocycles. The molecule has 4 heteroatoms. The predicted octanol–water partition coefficient (Wildman–Crippen LogP) is 4.09. The van der Waals surface area contributed by atoms with Gasteiger partial charge < -0.3 is 0 Å². The van der Waals surface area contributed by atoms with Gasteiger partial charge in [0.25, 0.3) is 5.91 Å². The van der Waals surface area contributed by atoms with E-state index in [1.54, 1.807) is 12.3 Å². The molecule has 0 unspecified atom stereocenters. The first-order valence-electron chi connectivity index (χ1n) is 7.71. The van der Waals surface area contributed by atoms with Crippen molar-refractivity contribution in [2.75, 3.05) is 0 Å². The van der Waals surface area contributed by atoms with Gasteiger partial charge >= 0.3 is 0 Å². The number of amides is 1. The Bertz CT molecular complexity index is 847. The number of pyridine rings is 1. The standard InChI is InChI=1S/C20H18N2O2/c1-15-6-5-9-17(12-15)18-10-11-21-19(13-18)20(23)22(24)14-16-7-3-2-4-8-16/h2-13,24H,14H2,1H3. The molecule has 2 aromatic carbocycles. The van der Waals surface area contributed by atoms with Crippen LogP contribution in [-0.2, 0) is 6.54 Å². The van der Waals surface area contributed by atoms with Gasteiger partial charge in [-0.2, -0.15) is 0 Å². The van der Waals surface area contributed by atoms with Gasteiger partial charge in [-0.1, -0.05) is 60.2 Å². The highest BCUT2D eigenvalue weighted by atomic mass is 16.5. The van der Waals surface area contributed by atoms with Crippen LogP contribution in [0.1, 0.15) is 21.6 Å². The highest BCUT2D eigenvalue weighted by molar-refractivity contribution is 5.92. The molecule has 0 fully saturated rings. The van der Waals surface area contributed by atoms with Gasteiger partial charge in [-0.3, -0.25) is 15.0 Å². The molecule has 1 heterocycles. The van der Waals surface area contributed by atoms with E-state index in [0.29, 0.717) is 5.06 Å². The van der Waals surface area contributed by atoms with Gasteiger partial charge in [-0.15, -0.1) is 0 Å². The fourth-order valence-corrected chi connectivity index (χ4v) is 2.51. The van der Waals surface area contributed by atoms with Gasteiger partial charge in [0.05, 0.1) is 6.54 Å². The average Bonchev–Trinajstić information content (AvgIpc) is 2.62. The molecule has 1 amide bonds. The van der Waals surface area contributed by atoms with Crippen LogP contribution >= 0.6 is 0 Å². The summed E-state index contributed by atoms with van der Waals surface area (Å²) >= 11 is 0. The third-order valence-corrected chi connectivity index (χ3v) is 3.74. The zero-order chi connectivity index (χ0) is 16.9. The first-order chi connectivity index (χ1) is 11.6. The molecular formula is C20H18N2O2. The summed E-state index contributed by atoms with van der Waals surface area (Å²) in [5, 5.41) is 10.8. The summed E-state index contributed by atoms with van der Waals surface area (Å²) in [6, 6.07) is 20.9. The normalized spacial score (nSPS) is 10.4. The number of hydroxylamine groups is 2. The summed E-state index contributed by atoms with van der Waals surface area (Å²) in [5.74, 6) is -0.520. The maximum absolute atomic E-state index is 12.4. The molecule has 24 heavy (non-hydrogen) atoms. The summed E-state index contributed by atoms with van der Waals surface area (Å²) in [6.07, 6.45) is 1.58. The van der Waals surface area contributed by atoms with Crippen molar-refractivity contribution >= 4 is 5.91 Å². The Morgan fingerprint density at radius 3 is 2.50 bits per heavy atom. The van der Waals surface area contributed by atoms with E-state index in [0.717, 1.165) is 22.3 Å². The number of hydrogen-bond donors (Lipinski definition) is 1. The largest absolute Gasteiger partial charge is 0.296 e. The van der Waals surface area contributed by atoms with Gasteiger partial charge in [0.15, 0.2) is 0 Å². The number of benzene rings is 2. The summed E-state index contributed by atoms with van der Waals surface area (Å²) < 4.78 is 0. The number of carbonyl (C=O) groups is 1. The summed E-state index contributed by atoms with van der Waals surface area (Å²) in [5.41, 5.74) is 4.12. The first kappa shape index (κ1) is 15.9. The van der Waals surface area contributed by atoms with Gasteiger partial charge in [-0.05, 0) is 35.7 Å². The second kappa shape index (κ2) is 7.06. The topological polar surface area (TPSA) is 53.4 Å². The second-order valence-corrected chi connectivity index (χ2v) is 5.65. The van der Waals surface area contributed by atoms with Crippen LogP contribution in [0.25, 0.3) is 11.1 Å². The van der Waals surface area contributed by atoms with E-state index in [1.807, 2.05) is 67.6 Å². The number of hydrogen-bond acceptors (Lipinski definition) is 3. The Hall–Kier alpha value is -2.98. The fourth-order valence-electron chi connectivity index (χ4n) is 2.51. The molecule has 1 aromatic heterocycles. The molecule has 3 rings (SSSR count). The van der Waals surface area contributed by atoms with Crippen LogP contribution in [0.15, 0.2) is 72.9 Å². The Morgan fingerprint density at radius 2 is 1.75 bits per heavy atom. The van der Waals surface area contributed by atoms with E-state index in [9.17, 15) is 10.0 Å². The molecule has 0 spiro atoms. The third-order valence-electron chi connectivity index (χ3n) is 3.74. The molecule has 120 valence electrons. The lowest BCUT2D eigenvalue weighted by Crippen LogP contribution is -2.27. The van der Waals surface area contributed by atoms with Crippen molar-refractivity contribution in [3.05, 3.63) is 89.7 Å². The van der Waals surface area contributed by atoms with Crippen LogP contribution in [0.2, 0.25) is 0 Å². The molecule has 1 N–H and O–H groups in total. The molecule has 0 bridgehead atoms. The van der Waals surface area contributed by atoms with Crippen molar-refractivity contribution in [3.8, 4) is 11.1 Å². The number of nitrogens with zero attached hydrogens (tertiary/aromatic N) is 2. The van der Waals surface area contributed by atoms with Gasteiger partial charge in [0.2, 0.25) is 0 Å². The monoisotopic (exact) mass is 318 g/mol. The fraction of sp³-hybridized carbons (Fsp3) is 0.100. The summed E-state index contributed by atoms with van der Waals surface area (Å²) in [4.78, 5) is 16.5. The van der Waals surface area contributed by atoms with Crippen LogP contribution in [-0.4, -0.2) is 21.2 Å². The van der Waals surface area contributed by atoms with E-state index >= 15 is 0 Å². The lowest BCUT2D eigenvalue weighted by atomic mass is 10.0. The molecule has 0 radical (unpaired) electrons. The maximum Gasteiger partial charge on any atom is 0.296 e. The zero-order valence-corrected chi connectivity index (χ0v) is 13.4. The van der Waals surface area contributed by atoms with Gasteiger partial charge in [0, 0.05) is 6.20 Å². The average molecular weight is 318 g/mol. The minimum atomic E-state index is -0.520. The van der Waals surface area contributed by atoms with Crippen LogP contribution in [0.5, 0.6) is 0 Å². The molecule has 0 aliphatic carbocycles. The third kappa shape index (κ3) is 3.67. The number of carbonyl (C=O) groups excluding carboxylic acids is 1. The van der Waals surface area contributed by atoms with Gasteiger partial charge in [-0.25, -0.2) is 5.06 Å². The number of aryl methyl sites for hydroxylation is 1. The molecular weight excluding hydrogens is 300 g/mol. The Kier molecular flexibility index (Phi) is 4.68. The van der Waals surface area contributed by atoms with Crippen molar-refractivity contribution in [2.45, 2.75) is 13.5 Å². The van der Waals surface area contributed by atoms with Crippen LogP contribution in [0.3, 0.4) is 0 Å². The Labute approximate surface area is 141 Å². The van der Waals surface area contributed by atoms with Crippen molar-refractivity contribution in [1.82, 2.24) is 10.0 Å². The highest BCUT2D eigenvalue weighted by Gasteiger charge is 2.16. The Morgan fingerprint density at radius 1 is 1.00 bits per heavy atom. The van der Waals surface area contributed by atoms with Crippen LogP contribution < -0.4 is 0 Å². The predicted molar refractivity (Wildman–Crippen MR) is 92.5 cm³/mol. The maximum atomic E-state index is 12.4. The molecule has 4 nitrogen and oxygen atoms in total.